The minimum absolute atomic E-state index is 0.249. The number of aryl methyl sites for hydroxylation is 2. The Labute approximate surface area is 91.7 Å². The van der Waals surface area contributed by atoms with Gasteiger partial charge in [0.2, 0.25) is 0 Å². The molecule has 0 saturated heterocycles. The summed E-state index contributed by atoms with van der Waals surface area (Å²) in [5, 5.41) is 0. The van der Waals surface area contributed by atoms with Gasteiger partial charge in [0.15, 0.2) is 0 Å². The first-order valence-electron chi connectivity index (χ1n) is 5.85. The summed E-state index contributed by atoms with van der Waals surface area (Å²) in [5.41, 5.74) is 11.2. The first kappa shape index (κ1) is 9.41. The van der Waals surface area contributed by atoms with Gasteiger partial charge in [-0.3, -0.25) is 0 Å². The first-order valence-corrected chi connectivity index (χ1v) is 5.85. The van der Waals surface area contributed by atoms with Crippen molar-refractivity contribution in [2.24, 2.45) is 11.1 Å². The quantitative estimate of drug-likeness (QED) is 0.782. The topological polar surface area (TPSA) is 26.0 Å². The fourth-order valence-electron chi connectivity index (χ4n) is 3.88. The summed E-state index contributed by atoms with van der Waals surface area (Å²) in [5.74, 6) is 0. The van der Waals surface area contributed by atoms with Gasteiger partial charge in [-0.2, -0.15) is 0 Å². The molecular formula is C14H19N. The van der Waals surface area contributed by atoms with Crippen molar-refractivity contribution in [3.05, 3.63) is 34.9 Å². The van der Waals surface area contributed by atoms with Crippen LogP contribution >= 0.6 is 0 Å². The monoisotopic (exact) mass is 201 g/mol. The molecule has 4 rings (SSSR count). The van der Waals surface area contributed by atoms with Gasteiger partial charge in [-0.1, -0.05) is 29.3 Å². The lowest BCUT2D eigenvalue weighted by atomic mass is 9.38. The molecule has 3 saturated carbocycles. The lowest BCUT2D eigenvalue weighted by Gasteiger charge is -2.69. The summed E-state index contributed by atoms with van der Waals surface area (Å²) in [4.78, 5) is 0. The van der Waals surface area contributed by atoms with Crippen molar-refractivity contribution in [2.75, 3.05) is 0 Å². The molecular weight excluding hydrogens is 182 g/mol. The molecule has 0 atom stereocenters. The molecule has 0 spiro atoms. The number of benzene rings is 1. The predicted octanol–water partition coefficient (Wildman–Crippen LogP) is 2.73. The summed E-state index contributed by atoms with van der Waals surface area (Å²) >= 11 is 0. The van der Waals surface area contributed by atoms with Crippen LogP contribution in [0.2, 0.25) is 0 Å². The van der Waals surface area contributed by atoms with Crippen LogP contribution in [0.5, 0.6) is 0 Å². The standard InChI is InChI=1S/C14H19N/c1-10-3-11(2)5-12(4-10)6-13-7-14(15,8-13)9-13/h3-5H,6-9,15H2,1-2H3. The Kier molecular flexibility index (Phi) is 1.66. The Morgan fingerprint density at radius 3 is 2.07 bits per heavy atom. The van der Waals surface area contributed by atoms with E-state index < -0.39 is 0 Å². The highest BCUT2D eigenvalue weighted by molar-refractivity contribution is 5.32. The van der Waals surface area contributed by atoms with Gasteiger partial charge in [0, 0.05) is 5.54 Å². The third-order valence-corrected chi connectivity index (χ3v) is 4.04. The van der Waals surface area contributed by atoms with Crippen LogP contribution in [0.4, 0.5) is 0 Å². The second kappa shape index (κ2) is 2.65. The van der Waals surface area contributed by atoms with Gasteiger partial charge in [0.25, 0.3) is 0 Å². The first-order chi connectivity index (χ1) is 6.99. The molecule has 3 aliphatic carbocycles. The third kappa shape index (κ3) is 1.41. The molecule has 2 N–H and O–H groups in total. The Morgan fingerprint density at radius 1 is 1.07 bits per heavy atom. The van der Waals surface area contributed by atoms with E-state index >= 15 is 0 Å². The van der Waals surface area contributed by atoms with E-state index in [9.17, 15) is 0 Å². The van der Waals surface area contributed by atoms with Gasteiger partial charge in [0.05, 0.1) is 0 Å². The lowest BCUT2D eigenvalue weighted by molar-refractivity contribution is -0.130. The molecule has 3 fully saturated rings. The maximum atomic E-state index is 6.09. The molecule has 0 amide bonds. The van der Waals surface area contributed by atoms with E-state index in [-0.39, 0.29) is 5.54 Å². The molecule has 1 heteroatoms. The van der Waals surface area contributed by atoms with Crippen LogP contribution in [0.1, 0.15) is 36.0 Å². The summed E-state index contributed by atoms with van der Waals surface area (Å²) in [6, 6.07) is 6.91. The summed E-state index contributed by atoms with van der Waals surface area (Å²) < 4.78 is 0. The molecule has 0 unspecified atom stereocenters. The third-order valence-electron chi connectivity index (χ3n) is 4.04. The predicted molar refractivity (Wildman–Crippen MR) is 62.8 cm³/mol. The molecule has 80 valence electrons. The number of nitrogens with two attached hydrogens (primary N) is 1. The van der Waals surface area contributed by atoms with Gasteiger partial charge >= 0.3 is 0 Å². The van der Waals surface area contributed by atoms with Crippen LogP contribution in [0.3, 0.4) is 0 Å². The average molecular weight is 201 g/mol. The van der Waals surface area contributed by atoms with Crippen LogP contribution in [-0.2, 0) is 6.42 Å². The van der Waals surface area contributed by atoms with Crippen LogP contribution in [0.25, 0.3) is 0 Å². The lowest BCUT2D eigenvalue weighted by Crippen LogP contribution is -2.72. The van der Waals surface area contributed by atoms with Gasteiger partial charge in [0.1, 0.15) is 0 Å². The molecule has 0 heterocycles. The SMILES string of the molecule is Cc1cc(C)cc(CC23CC(N)(C2)C3)c1. The second-order valence-corrected chi connectivity index (χ2v) is 6.07. The van der Waals surface area contributed by atoms with Crippen molar-refractivity contribution in [1.29, 1.82) is 0 Å². The fourth-order valence-corrected chi connectivity index (χ4v) is 3.88. The van der Waals surface area contributed by atoms with Crippen molar-refractivity contribution in [3.8, 4) is 0 Å². The number of hydrogen-bond donors (Lipinski definition) is 1. The Hall–Kier alpha value is -0.820. The zero-order valence-electron chi connectivity index (χ0n) is 9.64. The van der Waals surface area contributed by atoms with Crippen molar-refractivity contribution in [3.63, 3.8) is 0 Å². The Bertz CT molecular complexity index is 379. The molecule has 2 bridgehead atoms. The normalized spacial score (nSPS) is 37.0. The molecule has 1 aromatic rings. The average Bonchev–Trinajstić information content (AvgIpc) is 1.97. The zero-order valence-corrected chi connectivity index (χ0v) is 9.64. The number of rotatable bonds is 2. The molecule has 0 radical (unpaired) electrons. The Morgan fingerprint density at radius 2 is 1.60 bits per heavy atom. The second-order valence-electron chi connectivity index (χ2n) is 6.07. The van der Waals surface area contributed by atoms with E-state index in [1.807, 2.05) is 0 Å². The fraction of sp³-hybridized carbons (Fsp3) is 0.571. The smallest absolute Gasteiger partial charge is 0.0170 e. The van der Waals surface area contributed by atoms with E-state index in [1.165, 1.54) is 42.4 Å². The van der Waals surface area contributed by atoms with Crippen molar-refractivity contribution in [2.45, 2.75) is 45.1 Å². The maximum absolute atomic E-state index is 6.09. The van der Waals surface area contributed by atoms with E-state index in [1.54, 1.807) is 0 Å². The highest BCUT2D eigenvalue weighted by atomic mass is 14.9. The Balaban J connectivity index is 1.78. The van der Waals surface area contributed by atoms with Crippen LogP contribution in [-0.4, -0.2) is 5.54 Å². The highest BCUT2D eigenvalue weighted by Gasteiger charge is 2.65. The molecule has 15 heavy (non-hydrogen) atoms. The van der Waals surface area contributed by atoms with Crippen molar-refractivity contribution >= 4 is 0 Å². The van der Waals surface area contributed by atoms with Crippen molar-refractivity contribution in [1.82, 2.24) is 0 Å². The molecule has 0 aromatic heterocycles. The van der Waals surface area contributed by atoms with Gasteiger partial charge < -0.3 is 5.73 Å². The summed E-state index contributed by atoms with van der Waals surface area (Å²) in [7, 11) is 0. The molecule has 1 nitrogen and oxygen atoms in total. The molecule has 0 aliphatic heterocycles. The van der Waals surface area contributed by atoms with E-state index in [2.05, 4.69) is 32.0 Å². The summed E-state index contributed by atoms with van der Waals surface area (Å²) in [6.07, 6.45) is 5.02. The van der Waals surface area contributed by atoms with Crippen LogP contribution < -0.4 is 5.73 Å². The highest BCUT2D eigenvalue weighted by Crippen LogP contribution is 2.67. The van der Waals surface area contributed by atoms with Crippen molar-refractivity contribution < 1.29 is 0 Å². The van der Waals surface area contributed by atoms with E-state index in [0.29, 0.717) is 5.41 Å². The van der Waals surface area contributed by atoms with Crippen LogP contribution in [0, 0.1) is 19.3 Å². The number of hydrogen-bond acceptors (Lipinski definition) is 1. The van der Waals surface area contributed by atoms with E-state index in [0.717, 1.165) is 0 Å². The van der Waals surface area contributed by atoms with Gasteiger partial charge in [-0.05, 0) is 50.5 Å². The zero-order chi connectivity index (χ0) is 10.7. The molecule has 1 aromatic carbocycles. The van der Waals surface area contributed by atoms with Crippen LogP contribution in [0.15, 0.2) is 18.2 Å². The molecule has 3 aliphatic rings. The minimum atomic E-state index is 0.249. The minimum Gasteiger partial charge on any atom is -0.325 e. The van der Waals surface area contributed by atoms with Gasteiger partial charge in [-0.15, -0.1) is 0 Å². The largest absolute Gasteiger partial charge is 0.325 e. The maximum Gasteiger partial charge on any atom is 0.0170 e. The summed E-state index contributed by atoms with van der Waals surface area (Å²) in [6.45, 7) is 4.37. The van der Waals surface area contributed by atoms with E-state index in [4.69, 9.17) is 5.73 Å². The van der Waals surface area contributed by atoms with Gasteiger partial charge in [-0.25, -0.2) is 0 Å².